The molecule has 0 amide bonds. The maximum absolute atomic E-state index is 13.2. The number of halogens is 2. The molecule has 2 unspecified atom stereocenters. The number of hydrogen-bond donors (Lipinski definition) is 0. The molecule has 0 radical (unpaired) electrons. The molecule has 1 aliphatic carbocycles. The molecule has 1 aromatic carbocycles. The number of nitriles is 1. The summed E-state index contributed by atoms with van der Waals surface area (Å²) in [5.74, 6) is -1.20. The highest BCUT2D eigenvalue weighted by Crippen LogP contribution is 2.21. The molecule has 6 heteroatoms. The van der Waals surface area contributed by atoms with Crippen molar-refractivity contribution in [3.8, 4) is 11.8 Å². The van der Waals surface area contributed by atoms with Gasteiger partial charge in [-0.1, -0.05) is 0 Å². The number of ether oxygens (including phenoxy) is 3. The van der Waals surface area contributed by atoms with Crippen LogP contribution in [0.3, 0.4) is 0 Å². The summed E-state index contributed by atoms with van der Waals surface area (Å²) in [6.07, 6.45) is 5.78. The van der Waals surface area contributed by atoms with Crippen LogP contribution in [0, 0.1) is 23.0 Å². The Hall–Kier alpha value is -2.49. The molecule has 0 saturated heterocycles. The Morgan fingerprint density at radius 3 is 2.58 bits per heavy atom. The van der Waals surface area contributed by atoms with Crippen LogP contribution in [0.5, 0.6) is 5.75 Å². The van der Waals surface area contributed by atoms with Crippen LogP contribution in [0.4, 0.5) is 8.78 Å². The van der Waals surface area contributed by atoms with E-state index in [9.17, 15) is 14.0 Å². The fourth-order valence-corrected chi connectivity index (χ4v) is 2.16. The van der Waals surface area contributed by atoms with Crippen molar-refractivity contribution in [3.05, 3.63) is 65.5 Å². The lowest BCUT2D eigenvalue weighted by molar-refractivity contribution is -0.00273. The molecule has 1 aliphatic rings. The lowest BCUT2D eigenvalue weighted by atomic mass is 10.2. The first-order chi connectivity index (χ1) is 11.5. The quantitative estimate of drug-likeness (QED) is 0.797. The van der Waals surface area contributed by atoms with E-state index in [4.69, 9.17) is 14.2 Å². The highest BCUT2D eigenvalue weighted by Gasteiger charge is 2.13. The summed E-state index contributed by atoms with van der Waals surface area (Å²) < 4.78 is 42.7. The van der Waals surface area contributed by atoms with E-state index in [-0.39, 0.29) is 17.6 Å². The molecule has 2 rings (SSSR count). The zero-order chi connectivity index (χ0) is 17.5. The van der Waals surface area contributed by atoms with Crippen molar-refractivity contribution in [1.29, 1.82) is 5.26 Å². The van der Waals surface area contributed by atoms with Crippen LogP contribution in [0.1, 0.15) is 6.92 Å². The normalized spacial score (nSPS) is 18.2. The van der Waals surface area contributed by atoms with Crippen LogP contribution in [-0.4, -0.2) is 25.9 Å². The van der Waals surface area contributed by atoms with Crippen molar-refractivity contribution in [3.63, 3.8) is 0 Å². The van der Waals surface area contributed by atoms with E-state index in [1.54, 1.807) is 25.3 Å². The predicted octanol–water partition coefficient (Wildman–Crippen LogP) is 3.67. The smallest absolute Gasteiger partial charge is 0.133 e. The van der Waals surface area contributed by atoms with E-state index in [1.807, 2.05) is 13.0 Å². The molecular weight excluding hydrogens is 316 g/mol. The van der Waals surface area contributed by atoms with E-state index in [1.165, 1.54) is 6.08 Å². The second kappa shape index (κ2) is 8.39. The second-order valence-electron chi connectivity index (χ2n) is 5.21. The van der Waals surface area contributed by atoms with Gasteiger partial charge < -0.3 is 14.2 Å². The van der Waals surface area contributed by atoms with Gasteiger partial charge in [0.05, 0.1) is 30.5 Å². The number of rotatable bonds is 6. The number of allylic oxidation sites excluding steroid dienone is 3. The minimum Gasteiger partial charge on any atom is -0.457 e. The maximum atomic E-state index is 13.2. The number of benzene rings is 1. The largest absolute Gasteiger partial charge is 0.457 e. The second-order valence-corrected chi connectivity index (χ2v) is 5.21. The zero-order valence-corrected chi connectivity index (χ0v) is 13.3. The van der Waals surface area contributed by atoms with Gasteiger partial charge in [-0.2, -0.15) is 5.26 Å². The lowest BCUT2D eigenvalue weighted by Gasteiger charge is -2.16. The van der Waals surface area contributed by atoms with Crippen molar-refractivity contribution in [2.24, 2.45) is 0 Å². The van der Waals surface area contributed by atoms with Gasteiger partial charge in [-0.3, -0.25) is 0 Å². The Bertz CT molecular complexity index is 699. The maximum Gasteiger partial charge on any atom is 0.133 e. The van der Waals surface area contributed by atoms with Gasteiger partial charge in [0, 0.05) is 25.3 Å². The van der Waals surface area contributed by atoms with Crippen LogP contribution >= 0.6 is 0 Å². The fourth-order valence-electron chi connectivity index (χ4n) is 2.16. The molecule has 0 fully saturated rings. The average molecular weight is 333 g/mol. The van der Waals surface area contributed by atoms with Gasteiger partial charge in [-0.25, -0.2) is 8.78 Å². The highest BCUT2D eigenvalue weighted by atomic mass is 19.1. The Balaban J connectivity index is 2.16. The van der Waals surface area contributed by atoms with E-state index >= 15 is 0 Å². The van der Waals surface area contributed by atoms with E-state index in [2.05, 4.69) is 0 Å². The summed E-state index contributed by atoms with van der Waals surface area (Å²) >= 11 is 0. The molecule has 0 heterocycles. The number of nitrogens with zero attached hydrogens (tertiary/aromatic N) is 1. The molecule has 4 nitrogen and oxygen atoms in total. The van der Waals surface area contributed by atoms with Gasteiger partial charge in [-0.15, -0.1) is 0 Å². The van der Waals surface area contributed by atoms with Crippen LogP contribution in [0.2, 0.25) is 0 Å². The Labute approximate surface area is 139 Å². The highest BCUT2D eigenvalue weighted by molar-refractivity contribution is 5.42. The summed E-state index contributed by atoms with van der Waals surface area (Å²) in [5.41, 5.74) is 0.321. The molecule has 24 heavy (non-hydrogen) atoms. The third kappa shape index (κ3) is 5.30. The van der Waals surface area contributed by atoms with Crippen molar-refractivity contribution in [1.82, 2.24) is 0 Å². The fraction of sp³-hybridized carbons (Fsp3) is 0.278. The average Bonchev–Trinajstić information content (AvgIpc) is 2.68. The molecular formula is C18H17F2NO3. The first kappa shape index (κ1) is 17.9. The van der Waals surface area contributed by atoms with E-state index in [0.717, 1.165) is 18.2 Å². The summed E-state index contributed by atoms with van der Waals surface area (Å²) in [5, 5.41) is 9.20. The van der Waals surface area contributed by atoms with Gasteiger partial charge in [0.25, 0.3) is 0 Å². The molecule has 0 saturated carbocycles. The molecule has 1 aromatic rings. The van der Waals surface area contributed by atoms with Crippen LogP contribution in [0.15, 0.2) is 53.8 Å². The van der Waals surface area contributed by atoms with Gasteiger partial charge in [0.2, 0.25) is 0 Å². The number of methoxy groups -OCH3 is 1. The molecule has 0 bridgehead atoms. The lowest BCUT2D eigenvalue weighted by Crippen LogP contribution is -2.20. The molecule has 0 N–H and O–H groups in total. The first-order valence-electron chi connectivity index (χ1n) is 7.30. The summed E-state index contributed by atoms with van der Waals surface area (Å²) in [4.78, 5) is 0. The minimum absolute atomic E-state index is 0.00723. The van der Waals surface area contributed by atoms with Crippen LogP contribution in [-0.2, 0) is 9.47 Å². The van der Waals surface area contributed by atoms with Crippen LogP contribution in [0.25, 0.3) is 0 Å². The van der Waals surface area contributed by atoms with Crippen molar-refractivity contribution >= 4 is 0 Å². The van der Waals surface area contributed by atoms with Gasteiger partial charge in [-0.05, 0) is 31.2 Å². The summed E-state index contributed by atoms with van der Waals surface area (Å²) in [7, 11) is 1.57. The van der Waals surface area contributed by atoms with Crippen molar-refractivity contribution < 1.29 is 23.0 Å². The summed E-state index contributed by atoms with van der Waals surface area (Å²) in [6.45, 7) is 2.27. The Morgan fingerprint density at radius 2 is 1.96 bits per heavy atom. The van der Waals surface area contributed by atoms with Crippen molar-refractivity contribution in [2.75, 3.05) is 13.7 Å². The SMILES string of the molecule is COCC(C)OC1C=CC(Oc2cc(F)cc(F)c2)=CC(C#N)=C1. The minimum atomic E-state index is -0.742. The van der Waals surface area contributed by atoms with Crippen LogP contribution < -0.4 is 4.74 Å². The standard InChI is InChI=1S/C18H17F2NO3/c1-12(11-22-2)23-16-3-4-17(6-13(5-16)10-21)24-18-8-14(19)7-15(20)9-18/h3-9,12,16H,11H2,1-2H3. The molecule has 0 aromatic heterocycles. The third-order valence-corrected chi connectivity index (χ3v) is 3.08. The molecule has 126 valence electrons. The van der Waals surface area contributed by atoms with Gasteiger partial charge in [0.15, 0.2) is 0 Å². The topological polar surface area (TPSA) is 51.5 Å². The third-order valence-electron chi connectivity index (χ3n) is 3.08. The first-order valence-corrected chi connectivity index (χ1v) is 7.30. The number of hydrogen-bond acceptors (Lipinski definition) is 4. The predicted molar refractivity (Wildman–Crippen MR) is 84.1 cm³/mol. The van der Waals surface area contributed by atoms with E-state index < -0.39 is 17.7 Å². The molecule has 0 spiro atoms. The molecule has 2 atom stereocenters. The Morgan fingerprint density at radius 1 is 1.25 bits per heavy atom. The Kier molecular flexibility index (Phi) is 6.24. The van der Waals surface area contributed by atoms with E-state index in [0.29, 0.717) is 12.2 Å². The zero-order valence-electron chi connectivity index (χ0n) is 13.3. The molecule has 0 aliphatic heterocycles. The van der Waals surface area contributed by atoms with Gasteiger partial charge in [0.1, 0.15) is 23.1 Å². The van der Waals surface area contributed by atoms with Crippen molar-refractivity contribution in [2.45, 2.75) is 19.1 Å². The monoisotopic (exact) mass is 333 g/mol. The van der Waals surface area contributed by atoms with Gasteiger partial charge >= 0.3 is 0 Å². The summed E-state index contributed by atoms with van der Waals surface area (Å²) in [6, 6.07) is 4.90.